The topological polar surface area (TPSA) is 64.3 Å². The average molecular weight is 269 g/mol. The number of benzene rings is 1. The van der Waals surface area contributed by atoms with E-state index in [1.807, 2.05) is 0 Å². The van der Waals surface area contributed by atoms with Crippen LogP contribution in [0.2, 0.25) is 5.02 Å². The molecule has 1 aromatic rings. The highest BCUT2D eigenvalue weighted by Gasteiger charge is 2.06. The average Bonchev–Trinajstić information content (AvgIpc) is 2.36. The minimum atomic E-state index is -0.189. The standard InChI is InChI=1S/C13H17ClN2O2/c1-2-3-7-18-8-6-16-13(17)10-4-5-11(14)12(15)9-10/h2,4-5,9H,1,3,6-8,15H2,(H,16,17). The molecule has 3 N–H and O–H groups in total. The first-order valence-electron chi connectivity index (χ1n) is 5.67. The summed E-state index contributed by atoms with van der Waals surface area (Å²) in [6, 6.07) is 4.79. The number of carbonyl (C=O) groups excluding carboxylic acids is 1. The molecule has 1 amide bonds. The normalized spacial score (nSPS) is 10.1. The molecule has 98 valence electrons. The van der Waals surface area contributed by atoms with Gasteiger partial charge in [-0.3, -0.25) is 4.79 Å². The number of nitrogens with one attached hydrogen (secondary N) is 1. The first kappa shape index (κ1) is 14.5. The molecule has 0 spiro atoms. The number of hydrogen-bond acceptors (Lipinski definition) is 3. The van der Waals surface area contributed by atoms with Crippen molar-refractivity contribution in [3.05, 3.63) is 41.4 Å². The third kappa shape index (κ3) is 4.77. The molecule has 4 nitrogen and oxygen atoms in total. The molecule has 0 aliphatic heterocycles. The second-order valence-electron chi connectivity index (χ2n) is 3.68. The van der Waals surface area contributed by atoms with Gasteiger partial charge in [-0.15, -0.1) is 6.58 Å². The summed E-state index contributed by atoms with van der Waals surface area (Å²) < 4.78 is 5.27. The highest BCUT2D eigenvalue weighted by molar-refractivity contribution is 6.33. The summed E-state index contributed by atoms with van der Waals surface area (Å²) >= 11 is 5.78. The summed E-state index contributed by atoms with van der Waals surface area (Å²) in [4.78, 5) is 11.7. The minimum Gasteiger partial charge on any atom is -0.398 e. The molecule has 0 radical (unpaired) electrons. The molecule has 0 heterocycles. The molecule has 0 unspecified atom stereocenters. The molecule has 0 fully saturated rings. The van der Waals surface area contributed by atoms with E-state index in [0.29, 0.717) is 36.0 Å². The third-order valence-corrected chi connectivity index (χ3v) is 2.60. The highest BCUT2D eigenvalue weighted by atomic mass is 35.5. The van der Waals surface area contributed by atoms with Crippen molar-refractivity contribution in [2.45, 2.75) is 6.42 Å². The second-order valence-corrected chi connectivity index (χ2v) is 4.09. The third-order valence-electron chi connectivity index (χ3n) is 2.26. The minimum absolute atomic E-state index is 0.189. The Morgan fingerprint density at radius 1 is 1.50 bits per heavy atom. The lowest BCUT2D eigenvalue weighted by Crippen LogP contribution is -2.27. The maximum absolute atomic E-state index is 11.7. The van der Waals surface area contributed by atoms with Crippen LogP contribution >= 0.6 is 11.6 Å². The zero-order valence-electron chi connectivity index (χ0n) is 10.1. The Balaban J connectivity index is 2.32. The van der Waals surface area contributed by atoms with E-state index in [-0.39, 0.29) is 5.91 Å². The fourth-order valence-corrected chi connectivity index (χ4v) is 1.41. The van der Waals surface area contributed by atoms with Gasteiger partial charge in [0.25, 0.3) is 5.91 Å². The zero-order chi connectivity index (χ0) is 13.4. The van der Waals surface area contributed by atoms with Crippen molar-refractivity contribution in [1.29, 1.82) is 0 Å². The number of carbonyl (C=O) groups is 1. The van der Waals surface area contributed by atoms with Crippen LogP contribution in [0.15, 0.2) is 30.9 Å². The lowest BCUT2D eigenvalue weighted by molar-refractivity contribution is 0.0918. The molecule has 0 atom stereocenters. The number of amides is 1. The molecule has 0 aliphatic carbocycles. The van der Waals surface area contributed by atoms with Crippen molar-refractivity contribution in [2.75, 3.05) is 25.5 Å². The Bertz CT molecular complexity index is 421. The van der Waals surface area contributed by atoms with Gasteiger partial charge < -0.3 is 15.8 Å². The fraction of sp³-hybridized carbons (Fsp3) is 0.308. The molecule has 5 heteroatoms. The van der Waals surface area contributed by atoms with Crippen LogP contribution in [-0.2, 0) is 4.74 Å². The number of anilines is 1. The number of hydrogen-bond donors (Lipinski definition) is 2. The first-order chi connectivity index (χ1) is 8.65. The SMILES string of the molecule is C=CCCOCCNC(=O)c1ccc(Cl)c(N)c1. The Morgan fingerprint density at radius 2 is 2.28 bits per heavy atom. The largest absolute Gasteiger partial charge is 0.398 e. The van der Waals surface area contributed by atoms with Crippen molar-refractivity contribution in [3.63, 3.8) is 0 Å². The summed E-state index contributed by atoms with van der Waals surface area (Å²) in [6.45, 7) is 5.14. The van der Waals surface area contributed by atoms with Gasteiger partial charge in [-0.25, -0.2) is 0 Å². The van der Waals surface area contributed by atoms with Crippen LogP contribution in [0.5, 0.6) is 0 Å². The molecular weight excluding hydrogens is 252 g/mol. The second kappa shape index (κ2) is 7.74. The lowest BCUT2D eigenvalue weighted by Gasteiger charge is -2.07. The molecule has 1 rings (SSSR count). The van der Waals surface area contributed by atoms with E-state index in [4.69, 9.17) is 22.1 Å². The zero-order valence-corrected chi connectivity index (χ0v) is 10.9. The lowest BCUT2D eigenvalue weighted by atomic mass is 10.2. The van der Waals surface area contributed by atoms with Crippen molar-refractivity contribution >= 4 is 23.2 Å². The number of nitrogens with two attached hydrogens (primary N) is 1. The molecule has 18 heavy (non-hydrogen) atoms. The van der Waals surface area contributed by atoms with Crippen LogP contribution in [0.1, 0.15) is 16.8 Å². The van der Waals surface area contributed by atoms with Crippen molar-refractivity contribution in [3.8, 4) is 0 Å². The summed E-state index contributed by atoms with van der Waals surface area (Å²) in [5.74, 6) is -0.189. The van der Waals surface area contributed by atoms with Crippen molar-refractivity contribution in [1.82, 2.24) is 5.32 Å². The van der Waals surface area contributed by atoms with Gasteiger partial charge in [0.2, 0.25) is 0 Å². The summed E-state index contributed by atoms with van der Waals surface area (Å²) in [6.07, 6.45) is 2.59. The maximum atomic E-state index is 11.7. The van der Waals surface area contributed by atoms with Gasteiger partial charge in [-0.05, 0) is 24.6 Å². The van der Waals surface area contributed by atoms with E-state index in [2.05, 4.69) is 11.9 Å². The number of ether oxygens (including phenoxy) is 1. The van der Waals surface area contributed by atoms with Gasteiger partial charge >= 0.3 is 0 Å². The molecule has 0 saturated heterocycles. The Hall–Kier alpha value is -1.52. The van der Waals surface area contributed by atoms with Gasteiger partial charge in [0.05, 0.1) is 23.9 Å². The predicted octanol–water partition coefficient (Wildman–Crippen LogP) is 2.24. The van der Waals surface area contributed by atoms with Crippen LogP contribution in [0.4, 0.5) is 5.69 Å². The van der Waals surface area contributed by atoms with Crippen LogP contribution in [-0.4, -0.2) is 25.7 Å². The Kier molecular flexibility index (Phi) is 6.25. The molecule has 0 aliphatic rings. The molecular formula is C13H17ClN2O2. The summed E-state index contributed by atoms with van der Waals surface area (Å²) in [5.41, 5.74) is 6.51. The van der Waals surface area contributed by atoms with E-state index in [9.17, 15) is 4.79 Å². The van der Waals surface area contributed by atoms with Gasteiger partial charge in [-0.2, -0.15) is 0 Å². The Morgan fingerprint density at radius 3 is 2.94 bits per heavy atom. The van der Waals surface area contributed by atoms with Crippen molar-refractivity contribution < 1.29 is 9.53 Å². The van der Waals surface area contributed by atoms with Crippen LogP contribution in [0.25, 0.3) is 0 Å². The van der Waals surface area contributed by atoms with Crippen molar-refractivity contribution in [2.24, 2.45) is 0 Å². The molecule has 0 aromatic heterocycles. The number of rotatable bonds is 7. The molecule has 0 bridgehead atoms. The maximum Gasteiger partial charge on any atom is 0.251 e. The predicted molar refractivity (Wildman–Crippen MR) is 73.8 cm³/mol. The first-order valence-corrected chi connectivity index (χ1v) is 6.05. The smallest absolute Gasteiger partial charge is 0.251 e. The van der Waals surface area contributed by atoms with Crippen LogP contribution in [0, 0.1) is 0 Å². The number of halogens is 1. The van der Waals surface area contributed by atoms with E-state index in [1.54, 1.807) is 24.3 Å². The molecule has 0 saturated carbocycles. The Labute approximate surface area is 112 Å². The van der Waals surface area contributed by atoms with E-state index < -0.39 is 0 Å². The van der Waals surface area contributed by atoms with E-state index >= 15 is 0 Å². The highest BCUT2D eigenvalue weighted by Crippen LogP contribution is 2.19. The summed E-state index contributed by atoms with van der Waals surface area (Å²) in [7, 11) is 0. The van der Waals surface area contributed by atoms with Gasteiger partial charge in [-0.1, -0.05) is 17.7 Å². The van der Waals surface area contributed by atoms with Crippen LogP contribution in [0.3, 0.4) is 0 Å². The van der Waals surface area contributed by atoms with Gasteiger partial charge in [0, 0.05) is 12.1 Å². The van der Waals surface area contributed by atoms with E-state index in [0.717, 1.165) is 6.42 Å². The van der Waals surface area contributed by atoms with Crippen LogP contribution < -0.4 is 11.1 Å². The quantitative estimate of drug-likeness (QED) is 0.453. The van der Waals surface area contributed by atoms with E-state index in [1.165, 1.54) is 0 Å². The monoisotopic (exact) mass is 268 g/mol. The number of nitrogen functional groups attached to an aromatic ring is 1. The molecule has 1 aromatic carbocycles. The fourth-order valence-electron chi connectivity index (χ4n) is 1.29. The van der Waals surface area contributed by atoms with Gasteiger partial charge in [0.15, 0.2) is 0 Å². The van der Waals surface area contributed by atoms with Gasteiger partial charge in [0.1, 0.15) is 0 Å². The summed E-state index contributed by atoms with van der Waals surface area (Å²) in [5, 5.41) is 3.18.